The van der Waals surface area contributed by atoms with E-state index in [1.807, 2.05) is 49.6 Å². The molecule has 0 unspecified atom stereocenters. The van der Waals surface area contributed by atoms with Gasteiger partial charge in [-0.1, -0.05) is 6.07 Å². The van der Waals surface area contributed by atoms with Crippen LogP contribution < -0.4 is 0 Å². The number of benzene rings is 1. The molecule has 4 heterocycles. The number of alkyl halides is 3. The number of aryl methyl sites for hydroxylation is 1. The molecule has 0 spiro atoms. The normalized spacial score (nSPS) is 15.1. The van der Waals surface area contributed by atoms with Crippen molar-refractivity contribution in [2.24, 2.45) is 7.05 Å². The van der Waals surface area contributed by atoms with E-state index in [2.05, 4.69) is 20.0 Å². The fourth-order valence-electron chi connectivity index (χ4n) is 4.47. The van der Waals surface area contributed by atoms with Gasteiger partial charge in [-0.3, -0.25) is 19.4 Å². The molecule has 36 heavy (non-hydrogen) atoms. The average molecular weight is 498 g/mol. The van der Waals surface area contributed by atoms with Crippen LogP contribution in [0, 0.1) is 0 Å². The molecule has 1 aromatic carbocycles. The second-order valence-corrected chi connectivity index (χ2v) is 9.07. The van der Waals surface area contributed by atoms with Gasteiger partial charge in [-0.2, -0.15) is 18.3 Å². The molecule has 1 saturated heterocycles. The molecule has 0 radical (unpaired) electrons. The monoisotopic (exact) mass is 497 g/mol. The quantitative estimate of drug-likeness (QED) is 0.441. The van der Waals surface area contributed by atoms with Gasteiger partial charge in [0.2, 0.25) is 5.91 Å². The maximum Gasteiger partial charge on any atom is 0.397 e. The number of nitrogens with zero attached hydrogens (tertiary/aromatic N) is 6. The molecule has 8 nitrogen and oxygen atoms in total. The number of hydrogen-bond donors (Lipinski definition) is 1. The number of carbonyl (C=O) groups excluding carboxylic acids is 1. The number of rotatable bonds is 6. The number of aromatic nitrogens is 5. The first-order valence-corrected chi connectivity index (χ1v) is 11.7. The summed E-state index contributed by atoms with van der Waals surface area (Å²) in [6.45, 7) is 2.30. The van der Waals surface area contributed by atoms with Gasteiger partial charge in [0.25, 0.3) is 0 Å². The average Bonchev–Trinajstić information content (AvgIpc) is 3.43. The number of amides is 1. The van der Waals surface area contributed by atoms with Gasteiger partial charge in [0.15, 0.2) is 0 Å². The van der Waals surface area contributed by atoms with Crippen LogP contribution in [0.2, 0.25) is 0 Å². The lowest BCUT2D eigenvalue weighted by atomic mass is 10.1. The molecule has 1 N–H and O–H groups in total. The van der Waals surface area contributed by atoms with E-state index in [4.69, 9.17) is 4.98 Å². The highest BCUT2D eigenvalue weighted by molar-refractivity contribution is 5.81. The highest BCUT2D eigenvalue weighted by atomic mass is 19.4. The number of imidazole rings is 1. The van der Waals surface area contributed by atoms with Gasteiger partial charge < -0.3 is 9.88 Å². The van der Waals surface area contributed by atoms with Gasteiger partial charge in [-0.05, 0) is 35.9 Å². The Morgan fingerprint density at radius 1 is 1.08 bits per heavy atom. The fraction of sp³-hybridized carbons (Fsp3) is 0.360. The van der Waals surface area contributed by atoms with Crippen molar-refractivity contribution < 1.29 is 18.0 Å². The van der Waals surface area contributed by atoms with E-state index < -0.39 is 18.5 Å². The minimum absolute atomic E-state index is 0.298. The molecule has 4 aromatic rings. The van der Waals surface area contributed by atoms with Gasteiger partial charge in [0, 0.05) is 69.8 Å². The third-order valence-corrected chi connectivity index (χ3v) is 6.25. The highest BCUT2D eigenvalue weighted by Gasteiger charge is 2.34. The van der Waals surface area contributed by atoms with Crippen LogP contribution in [0.1, 0.15) is 23.5 Å². The summed E-state index contributed by atoms with van der Waals surface area (Å²) in [6.07, 6.45) is -1.66. The number of piperazine rings is 1. The van der Waals surface area contributed by atoms with Crippen molar-refractivity contribution in [1.29, 1.82) is 0 Å². The van der Waals surface area contributed by atoms with Gasteiger partial charge in [0.05, 0.1) is 16.7 Å². The third kappa shape index (κ3) is 5.73. The first-order valence-electron chi connectivity index (χ1n) is 11.7. The second kappa shape index (κ2) is 9.73. The maximum atomic E-state index is 12.5. The Morgan fingerprint density at radius 2 is 1.89 bits per heavy atom. The minimum atomic E-state index is -4.47. The van der Waals surface area contributed by atoms with E-state index in [-0.39, 0.29) is 0 Å². The maximum absolute atomic E-state index is 12.5. The summed E-state index contributed by atoms with van der Waals surface area (Å²) >= 11 is 0. The van der Waals surface area contributed by atoms with E-state index >= 15 is 0 Å². The molecule has 11 heteroatoms. The van der Waals surface area contributed by atoms with Gasteiger partial charge in [0.1, 0.15) is 12.2 Å². The third-order valence-electron chi connectivity index (χ3n) is 6.25. The zero-order chi connectivity index (χ0) is 25.3. The summed E-state index contributed by atoms with van der Waals surface area (Å²) < 4.78 is 39.3. The Bertz CT molecular complexity index is 1370. The van der Waals surface area contributed by atoms with E-state index in [0.29, 0.717) is 39.1 Å². The molecule has 188 valence electrons. The van der Waals surface area contributed by atoms with Crippen LogP contribution in [0.25, 0.3) is 22.3 Å². The Balaban J connectivity index is 1.20. The molecular formula is C25H26F3N7O. The number of aromatic amines is 1. The van der Waals surface area contributed by atoms with Crippen molar-refractivity contribution in [3.63, 3.8) is 0 Å². The second-order valence-electron chi connectivity index (χ2n) is 9.07. The molecule has 3 aromatic heterocycles. The van der Waals surface area contributed by atoms with Crippen LogP contribution in [-0.2, 0) is 24.8 Å². The lowest BCUT2D eigenvalue weighted by Crippen LogP contribution is -2.49. The molecule has 1 fully saturated rings. The largest absolute Gasteiger partial charge is 0.397 e. The lowest BCUT2D eigenvalue weighted by molar-refractivity contribution is -0.162. The molecule has 5 rings (SSSR count). The number of nitrogens with one attached hydrogen (secondary N) is 1. The number of halogens is 3. The van der Waals surface area contributed by atoms with Crippen LogP contribution >= 0.6 is 0 Å². The molecule has 1 amide bonds. The van der Waals surface area contributed by atoms with Crippen molar-refractivity contribution in [3.8, 4) is 11.3 Å². The first-order chi connectivity index (χ1) is 17.2. The zero-order valence-electron chi connectivity index (χ0n) is 19.8. The fourth-order valence-corrected chi connectivity index (χ4v) is 4.47. The van der Waals surface area contributed by atoms with Crippen LogP contribution in [0.4, 0.5) is 13.2 Å². The summed E-state index contributed by atoms with van der Waals surface area (Å²) in [6, 6.07) is 11.9. The van der Waals surface area contributed by atoms with E-state index in [1.54, 1.807) is 10.9 Å². The number of hydrogen-bond acceptors (Lipinski definition) is 5. The smallest absolute Gasteiger partial charge is 0.342 e. The van der Waals surface area contributed by atoms with Gasteiger partial charge in [-0.15, -0.1) is 0 Å². The molecule has 1 aliphatic rings. The van der Waals surface area contributed by atoms with E-state index in [1.165, 1.54) is 4.90 Å². The van der Waals surface area contributed by atoms with Crippen molar-refractivity contribution >= 4 is 16.9 Å². The number of carbonyl (C=O) groups is 1. The Hall–Kier alpha value is -3.73. The number of pyridine rings is 1. The SMILES string of the molecule is Cn1ccc(-c2ccc3nc(Cc4cc(CN5CCN(C(=O)CC(F)(F)F)CC5)ccn4)[nH]c3c2)n1. The summed E-state index contributed by atoms with van der Waals surface area (Å²) in [7, 11) is 1.89. The Kier molecular flexibility index (Phi) is 6.48. The van der Waals surface area contributed by atoms with E-state index in [9.17, 15) is 18.0 Å². The summed E-state index contributed by atoms with van der Waals surface area (Å²) in [4.78, 5) is 27.8. The summed E-state index contributed by atoms with van der Waals surface area (Å²) in [5, 5.41) is 4.45. The molecule has 0 aliphatic carbocycles. The predicted molar refractivity (Wildman–Crippen MR) is 128 cm³/mol. The highest BCUT2D eigenvalue weighted by Crippen LogP contribution is 2.23. The Morgan fingerprint density at radius 3 is 2.61 bits per heavy atom. The van der Waals surface area contributed by atoms with Gasteiger partial charge in [-0.25, -0.2) is 4.98 Å². The topological polar surface area (TPSA) is 82.9 Å². The van der Waals surface area contributed by atoms with E-state index in [0.717, 1.165) is 39.4 Å². The molecule has 1 aliphatic heterocycles. The molecular weight excluding hydrogens is 471 g/mol. The van der Waals surface area contributed by atoms with Crippen molar-refractivity contribution in [2.45, 2.75) is 25.6 Å². The van der Waals surface area contributed by atoms with Gasteiger partial charge >= 0.3 is 6.18 Å². The minimum Gasteiger partial charge on any atom is -0.342 e. The van der Waals surface area contributed by atoms with Crippen LogP contribution in [-0.4, -0.2) is 72.8 Å². The lowest BCUT2D eigenvalue weighted by Gasteiger charge is -2.35. The molecule has 0 bridgehead atoms. The summed E-state index contributed by atoms with van der Waals surface area (Å²) in [5.74, 6) is -0.0454. The van der Waals surface area contributed by atoms with Crippen LogP contribution in [0.15, 0.2) is 48.8 Å². The number of fused-ring (bicyclic) bond motifs is 1. The first kappa shape index (κ1) is 24.0. The molecule has 0 atom stereocenters. The standard InChI is InChI=1S/C25H26F3N7O/c1-33-7-5-20(32-33)18-2-3-21-22(13-18)31-23(30-21)14-19-12-17(4-6-29-19)16-34-8-10-35(11-9-34)24(36)15-25(26,27)28/h2-7,12-13H,8-11,14-16H2,1H3,(H,30,31). The zero-order valence-corrected chi connectivity index (χ0v) is 19.8. The van der Waals surface area contributed by atoms with Crippen molar-refractivity contribution in [3.05, 3.63) is 65.9 Å². The van der Waals surface area contributed by atoms with Crippen molar-refractivity contribution in [2.75, 3.05) is 26.2 Å². The number of H-pyrrole nitrogens is 1. The van der Waals surface area contributed by atoms with Crippen LogP contribution in [0.5, 0.6) is 0 Å². The summed E-state index contributed by atoms with van der Waals surface area (Å²) in [5.41, 5.74) is 5.65. The Labute approximate surface area is 205 Å². The molecule has 0 saturated carbocycles. The van der Waals surface area contributed by atoms with Crippen LogP contribution in [0.3, 0.4) is 0 Å². The predicted octanol–water partition coefficient (Wildman–Crippen LogP) is 3.55. The van der Waals surface area contributed by atoms with Crippen molar-refractivity contribution in [1.82, 2.24) is 34.5 Å².